The molecule has 4 rings (SSSR count). The number of amides is 1. The van der Waals surface area contributed by atoms with Crippen LogP contribution in [0.4, 0.5) is 5.82 Å². The lowest BCUT2D eigenvalue weighted by atomic mass is 9.94. The first kappa shape index (κ1) is 18.3. The first-order valence-electron chi connectivity index (χ1n) is 8.90. The zero-order chi connectivity index (χ0) is 19.1. The quantitative estimate of drug-likeness (QED) is 0.818. The van der Waals surface area contributed by atoms with E-state index in [2.05, 4.69) is 10.4 Å². The number of carbonyl (C=O) groups is 1. The van der Waals surface area contributed by atoms with Gasteiger partial charge in [0, 0.05) is 23.9 Å². The molecule has 2 N–H and O–H groups in total. The van der Waals surface area contributed by atoms with E-state index in [0.29, 0.717) is 22.2 Å². The summed E-state index contributed by atoms with van der Waals surface area (Å²) in [5.41, 5.74) is 2.03. The second-order valence-corrected chi connectivity index (χ2v) is 7.63. The van der Waals surface area contributed by atoms with Gasteiger partial charge in [0.1, 0.15) is 11.9 Å². The van der Waals surface area contributed by atoms with Gasteiger partial charge in [-0.05, 0) is 25.8 Å². The Balaban J connectivity index is 1.85. The van der Waals surface area contributed by atoms with Crippen LogP contribution in [0.5, 0.6) is 0 Å². The zero-order valence-corrected chi connectivity index (χ0v) is 16.3. The van der Waals surface area contributed by atoms with Crippen molar-refractivity contribution in [3.8, 4) is 0 Å². The molecule has 3 heterocycles. The molecular weight excluding hydrogens is 387 g/mol. The second-order valence-electron chi connectivity index (χ2n) is 6.85. The fourth-order valence-corrected chi connectivity index (χ4v) is 4.36. The van der Waals surface area contributed by atoms with Gasteiger partial charge in [-0.15, -0.1) is 0 Å². The Morgan fingerprint density at radius 1 is 1.37 bits per heavy atom. The number of nitrogens with zero attached hydrogens (tertiary/aromatic N) is 3. The molecule has 2 atom stereocenters. The topological polar surface area (TPSA) is 70.4 Å². The highest BCUT2D eigenvalue weighted by Crippen LogP contribution is 2.41. The van der Waals surface area contributed by atoms with Crippen molar-refractivity contribution in [2.24, 2.45) is 0 Å². The van der Waals surface area contributed by atoms with Crippen molar-refractivity contribution in [1.29, 1.82) is 0 Å². The van der Waals surface area contributed by atoms with Gasteiger partial charge < -0.3 is 15.3 Å². The van der Waals surface area contributed by atoms with Crippen LogP contribution in [-0.2, 0) is 4.79 Å². The minimum atomic E-state index is -0.491. The van der Waals surface area contributed by atoms with Crippen molar-refractivity contribution in [3.05, 3.63) is 57.3 Å². The first-order chi connectivity index (χ1) is 13.0. The van der Waals surface area contributed by atoms with Crippen LogP contribution in [0.15, 0.2) is 41.7 Å². The number of nitrogens with one attached hydrogen (secondary N) is 1. The number of halogens is 2. The molecule has 1 saturated heterocycles. The summed E-state index contributed by atoms with van der Waals surface area (Å²) in [5.74, 6) is 0.670. The van der Waals surface area contributed by atoms with E-state index in [1.54, 1.807) is 21.8 Å². The van der Waals surface area contributed by atoms with Crippen LogP contribution in [0.25, 0.3) is 0 Å². The predicted molar refractivity (Wildman–Crippen MR) is 105 cm³/mol. The predicted octanol–water partition coefficient (Wildman–Crippen LogP) is 3.46. The number of hydrogen-bond donors (Lipinski definition) is 2. The number of anilines is 1. The first-order valence-corrected chi connectivity index (χ1v) is 9.65. The van der Waals surface area contributed by atoms with Crippen LogP contribution < -0.4 is 5.32 Å². The van der Waals surface area contributed by atoms with Gasteiger partial charge in [-0.25, -0.2) is 4.68 Å². The van der Waals surface area contributed by atoms with E-state index < -0.39 is 6.04 Å². The van der Waals surface area contributed by atoms with Crippen LogP contribution in [0.1, 0.15) is 31.4 Å². The van der Waals surface area contributed by atoms with Crippen molar-refractivity contribution in [2.75, 3.05) is 18.5 Å². The fraction of sp³-hybridized carbons (Fsp3) is 0.368. The Labute approximate surface area is 167 Å². The van der Waals surface area contributed by atoms with Crippen molar-refractivity contribution in [3.63, 3.8) is 0 Å². The number of aliphatic hydroxyl groups excluding tert-OH is 1. The second kappa shape index (κ2) is 7.19. The molecule has 1 fully saturated rings. The highest BCUT2D eigenvalue weighted by molar-refractivity contribution is 6.42. The van der Waals surface area contributed by atoms with Crippen molar-refractivity contribution >= 4 is 34.9 Å². The average molecular weight is 407 g/mol. The zero-order valence-electron chi connectivity index (χ0n) is 14.8. The standard InChI is InChI=1S/C19H20Cl2N4O2/c1-11-16(19(27)24-9-3-4-12(24)10-26)18(25-15(23-11)7-8-22-25)13-5-2-6-14(20)17(13)21/h2,5-8,12,18,23,26H,3-4,9-10H2,1H3/t12-,18?/m0/s1. The molecule has 0 spiro atoms. The summed E-state index contributed by atoms with van der Waals surface area (Å²) in [5, 5.41) is 18.2. The Kier molecular flexibility index (Phi) is 4.88. The summed E-state index contributed by atoms with van der Waals surface area (Å²) in [6, 6.07) is 6.60. The van der Waals surface area contributed by atoms with E-state index in [1.165, 1.54) is 0 Å². The third kappa shape index (κ3) is 3.02. The molecule has 0 aliphatic carbocycles. The van der Waals surface area contributed by atoms with E-state index in [9.17, 15) is 9.90 Å². The van der Waals surface area contributed by atoms with Gasteiger partial charge in [-0.2, -0.15) is 5.10 Å². The molecule has 8 heteroatoms. The summed E-state index contributed by atoms with van der Waals surface area (Å²) in [6.45, 7) is 2.46. The van der Waals surface area contributed by atoms with E-state index >= 15 is 0 Å². The molecular formula is C19H20Cl2N4O2. The van der Waals surface area contributed by atoms with Gasteiger partial charge in [-0.1, -0.05) is 35.3 Å². The maximum atomic E-state index is 13.5. The van der Waals surface area contributed by atoms with Gasteiger partial charge in [0.2, 0.25) is 0 Å². The Hall–Kier alpha value is -2.02. The number of carbonyl (C=O) groups excluding carboxylic acids is 1. The number of fused-ring (bicyclic) bond motifs is 1. The number of aromatic nitrogens is 2. The van der Waals surface area contributed by atoms with Gasteiger partial charge in [0.25, 0.3) is 5.91 Å². The van der Waals surface area contributed by atoms with Gasteiger partial charge >= 0.3 is 0 Å². The number of allylic oxidation sites excluding steroid dienone is 1. The van der Waals surface area contributed by atoms with Crippen LogP contribution in [0.3, 0.4) is 0 Å². The van der Waals surface area contributed by atoms with Gasteiger partial charge in [0.05, 0.1) is 34.5 Å². The minimum Gasteiger partial charge on any atom is -0.394 e. The summed E-state index contributed by atoms with van der Waals surface area (Å²) >= 11 is 12.8. The maximum Gasteiger partial charge on any atom is 0.254 e. The SMILES string of the molecule is CC1=C(C(=O)N2CCC[C@H]2CO)C(c2cccc(Cl)c2Cl)n2nccc2N1. The summed E-state index contributed by atoms with van der Waals surface area (Å²) in [4.78, 5) is 15.2. The Morgan fingerprint density at radius 2 is 2.19 bits per heavy atom. The molecule has 0 bridgehead atoms. The van der Waals surface area contributed by atoms with Crippen LogP contribution in [0, 0.1) is 0 Å². The highest BCUT2D eigenvalue weighted by Gasteiger charge is 2.39. The number of benzene rings is 1. The molecule has 1 aromatic carbocycles. The molecule has 1 aromatic heterocycles. The monoisotopic (exact) mass is 406 g/mol. The fourth-order valence-electron chi connectivity index (χ4n) is 3.95. The van der Waals surface area contributed by atoms with E-state index in [1.807, 2.05) is 25.1 Å². The molecule has 2 aliphatic heterocycles. The van der Waals surface area contributed by atoms with Gasteiger partial charge in [0.15, 0.2) is 0 Å². The third-order valence-corrected chi connectivity index (χ3v) is 6.10. The third-order valence-electron chi connectivity index (χ3n) is 5.26. The average Bonchev–Trinajstić information content (AvgIpc) is 3.31. The smallest absolute Gasteiger partial charge is 0.254 e. The summed E-state index contributed by atoms with van der Waals surface area (Å²) in [6.07, 6.45) is 3.37. The molecule has 0 saturated carbocycles. The normalized spacial score (nSPS) is 22.0. The summed E-state index contributed by atoms with van der Waals surface area (Å²) in [7, 11) is 0. The largest absolute Gasteiger partial charge is 0.394 e. The lowest BCUT2D eigenvalue weighted by molar-refractivity contribution is -0.129. The van der Waals surface area contributed by atoms with Gasteiger partial charge in [-0.3, -0.25) is 4.79 Å². The van der Waals surface area contributed by atoms with Crippen molar-refractivity contribution < 1.29 is 9.90 Å². The highest BCUT2D eigenvalue weighted by atomic mass is 35.5. The van der Waals surface area contributed by atoms with Crippen molar-refractivity contribution in [1.82, 2.24) is 14.7 Å². The molecule has 2 aromatic rings. The molecule has 2 aliphatic rings. The van der Waals surface area contributed by atoms with Crippen LogP contribution >= 0.6 is 23.2 Å². The minimum absolute atomic E-state index is 0.0406. The molecule has 6 nitrogen and oxygen atoms in total. The molecule has 1 amide bonds. The lowest BCUT2D eigenvalue weighted by Gasteiger charge is -2.33. The van der Waals surface area contributed by atoms with Crippen LogP contribution in [-0.4, -0.2) is 44.9 Å². The Morgan fingerprint density at radius 3 is 2.96 bits per heavy atom. The lowest BCUT2D eigenvalue weighted by Crippen LogP contribution is -2.42. The number of rotatable bonds is 3. The van der Waals surface area contributed by atoms with Crippen LogP contribution in [0.2, 0.25) is 10.0 Å². The van der Waals surface area contributed by atoms with E-state index in [0.717, 1.165) is 29.9 Å². The van der Waals surface area contributed by atoms with Crippen molar-refractivity contribution in [2.45, 2.75) is 31.8 Å². The Bertz CT molecular complexity index is 924. The molecule has 142 valence electrons. The maximum absolute atomic E-state index is 13.5. The van der Waals surface area contributed by atoms with E-state index in [-0.39, 0.29) is 18.6 Å². The molecule has 27 heavy (non-hydrogen) atoms. The number of likely N-dealkylation sites (tertiary alicyclic amines) is 1. The molecule has 0 radical (unpaired) electrons. The number of aliphatic hydroxyl groups is 1. The molecule has 1 unspecified atom stereocenters. The number of hydrogen-bond acceptors (Lipinski definition) is 4. The van der Waals surface area contributed by atoms with E-state index in [4.69, 9.17) is 23.2 Å². The summed E-state index contributed by atoms with van der Waals surface area (Å²) < 4.78 is 1.75.